The number of nitrogens with one attached hydrogen (secondary N) is 1. The lowest BCUT2D eigenvalue weighted by atomic mass is 10.0. The van der Waals surface area contributed by atoms with Gasteiger partial charge in [0.25, 0.3) is 0 Å². The molecule has 1 N–H and O–H groups in total. The van der Waals surface area contributed by atoms with Crippen LogP contribution < -0.4 is 5.32 Å². The summed E-state index contributed by atoms with van der Waals surface area (Å²) in [6, 6.07) is 10.4. The quantitative estimate of drug-likeness (QED) is 0.822. The summed E-state index contributed by atoms with van der Waals surface area (Å²) in [7, 11) is 0. The minimum absolute atomic E-state index is 0.0341. The zero-order valence-corrected chi connectivity index (χ0v) is 15.0. The molecule has 0 radical (unpaired) electrons. The second-order valence-corrected chi connectivity index (χ2v) is 7.23. The molecule has 3 rings (SSSR count). The number of rotatable bonds is 7. The van der Waals surface area contributed by atoms with Gasteiger partial charge in [0.1, 0.15) is 0 Å². The van der Waals surface area contributed by atoms with Gasteiger partial charge in [0, 0.05) is 25.6 Å². The monoisotopic (exact) mass is 343 g/mol. The molecule has 0 spiro atoms. The second kappa shape index (κ2) is 8.99. The molecule has 2 heterocycles. The summed E-state index contributed by atoms with van der Waals surface area (Å²) in [6.07, 6.45) is 6.07. The Hall–Kier alpha value is -1.88. The minimum Gasteiger partial charge on any atom is -0.350 e. The van der Waals surface area contributed by atoms with E-state index in [0.29, 0.717) is 13.0 Å². The molecule has 2 aliphatic rings. The van der Waals surface area contributed by atoms with Crippen molar-refractivity contribution in [2.75, 3.05) is 32.7 Å². The predicted molar refractivity (Wildman–Crippen MR) is 98.2 cm³/mol. The van der Waals surface area contributed by atoms with Crippen molar-refractivity contribution < 1.29 is 9.59 Å². The molecule has 2 aliphatic heterocycles. The average molecular weight is 343 g/mol. The maximum atomic E-state index is 12.5. The highest BCUT2D eigenvalue weighted by Gasteiger charge is 2.24. The van der Waals surface area contributed by atoms with Gasteiger partial charge in [-0.2, -0.15) is 0 Å². The Balaban J connectivity index is 1.58. The molecule has 1 unspecified atom stereocenters. The summed E-state index contributed by atoms with van der Waals surface area (Å²) in [4.78, 5) is 28.3. The van der Waals surface area contributed by atoms with E-state index >= 15 is 0 Å². The normalized spacial score (nSPS) is 19.8. The van der Waals surface area contributed by atoms with Crippen LogP contribution in [0.4, 0.5) is 0 Å². The summed E-state index contributed by atoms with van der Waals surface area (Å²) in [5.41, 5.74) is 1.24. The number of carbonyl (C=O) groups excluding carboxylic acids is 2. The fourth-order valence-corrected chi connectivity index (χ4v) is 3.83. The third kappa shape index (κ3) is 5.56. The first-order valence-electron chi connectivity index (χ1n) is 9.54. The van der Waals surface area contributed by atoms with Crippen LogP contribution in [0, 0.1) is 0 Å². The molecule has 136 valence electrons. The van der Waals surface area contributed by atoms with Crippen molar-refractivity contribution in [3.63, 3.8) is 0 Å². The van der Waals surface area contributed by atoms with Crippen molar-refractivity contribution in [2.45, 2.75) is 44.6 Å². The Morgan fingerprint density at radius 2 is 1.80 bits per heavy atom. The van der Waals surface area contributed by atoms with Crippen molar-refractivity contribution in [3.05, 3.63) is 35.9 Å². The van der Waals surface area contributed by atoms with Crippen LogP contribution in [-0.2, 0) is 16.0 Å². The first-order chi connectivity index (χ1) is 12.2. The lowest BCUT2D eigenvalue weighted by Gasteiger charge is -2.31. The van der Waals surface area contributed by atoms with Gasteiger partial charge in [-0.25, -0.2) is 0 Å². The van der Waals surface area contributed by atoms with Crippen molar-refractivity contribution in [1.29, 1.82) is 0 Å². The third-order valence-electron chi connectivity index (χ3n) is 5.12. The van der Waals surface area contributed by atoms with E-state index in [4.69, 9.17) is 0 Å². The number of hydrogen-bond acceptors (Lipinski definition) is 3. The number of likely N-dealkylation sites (tertiary alicyclic amines) is 2. The van der Waals surface area contributed by atoms with Crippen LogP contribution in [0.3, 0.4) is 0 Å². The lowest BCUT2D eigenvalue weighted by molar-refractivity contribution is -0.133. The molecule has 2 amide bonds. The Labute approximate surface area is 150 Å². The highest BCUT2D eigenvalue weighted by Crippen LogP contribution is 2.12. The second-order valence-electron chi connectivity index (χ2n) is 7.23. The molecule has 2 fully saturated rings. The maximum Gasteiger partial charge on any atom is 0.239 e. The molecule has 5 nitrogen and oxygen atoms in total. The van der Waals surface area contributed by atoms with E-state index in [0.717, 1.165) is 32.5 Å². The predicted octanol–water partition coefficient (Wildman–Crippen LogP) is 1.82. The van der Waals surface area contributed by atoms with Crippen molar-refractivity contribution in [1.82, 2.24) is 15.1 Å². The Morgan fingerprint density at radius 3 is 2.48 bits per heavy atom. The molecular formula is C20H29N3O2. The smallest absolute Gasteiger partial charge is 0.239 e. The number of amides is 2. The van der Waals surface area contributed by atoms with Crippen molar-refractivity contribution in [2.24, 2.45) is 0 Å². The van der Waals surface area contributed by atoms with Crippen LogP contribution in [0.15, 0.2) is 30.3 Å². The average Bonchev–Trinajstić information content (AvgIpc) is 3.01. The van der Waals surface area contributed by atoms with E-state index in [2.05, 4.69) is 22.3 Å². The largest absolute Gasteiger partial charge is 0.350 e. The van der Waals surface area contributed by atoms with E-state index in [1.807, 2.05) is 18.2 Å². The third-order valence-corrected chi connectivity index (χ3v) is 5.12. The standard InChI is InChI=1S/C20H29N3O2/c24-19(16-23-13-7-10-20(23)25)21-18(14-17-8-3-1-4-9-17)15-22-11-5-2-6-12-22/h1,3-4,8-9,18H,2,5-7,10-16H2,(H,21,24). The molecule has 1 atom stereocenters. The van der Waals surface area contributed by atoms with Gasteiger partial charge in [-0.3, -0.25) is 9.59 Å². The fourth-order valence-electron chi connectivity index (χ4n) is 3.83. The Morgan fingerprint density at radius 1 is 1.04 bits per heavy atom. The summed E-state index contributed by atoms with van der Waals surface area (Å²) in [5, 5.41) is 3.19. The molecule has 2 saturated heterocycles. The van der Waals surface area contributed by atoms with E-state index in [-0.39, 0.29) is 24.4 Å². The van der Waals surface area contributed by atoms with Crippen LogP contribution in [0.25, 0.3) is 0 Å². The van der Waals surface area contributed by atoms with Gasteiger partial charge in [0.15, 0.2) is 0 Å². The van der Waals surface area contributed by atoms with Gasteiger partial charge >= 0.3 is 0 Å². The first kappa shape index (κ1) is 17.9. The SMILES string of the molecule is O=C(CN1CCCC1=O)NC(Cc1ccccc1)CN1CCCCC1. The zero-order valence-electron chi connectivity index (χ0n) is 15.0. The van der Waals surface area contributed by atoms with E-state index in [1.54, 1.807) is 4.90 Å². The molecule has 25 heavy (non-hydrogen) atoms. The van der Waals surface area contributed by atoms with E-state index in [1.165, 1.54) is 24.8 Å². The molecular weight excluding hydrogens is 314 g/mol. The van der Waals surface area contributed by atoms with Gasteiger partial charge in [0.2, 0.25) is 11.8 Å². The fraction of sp³-hybridized carbons (Fsp3) is 0.600. The molecule has 0 bridgehead atoms. The number of piperidine rings is 1. The summed E-state index contributed by atoms with van der Waals surface area (Å²) < 4.78 is 0. The van der Waals surface area contributed by atoms with Gasteiger partial charge in [-0.15, -0.1) is 0 Å². The maximum absolute atomic E-state index is 12.5. The van der Waals surface area contributed by atoms with Crippen molar-refractivity contribution in [3.8, 4) is 0 Å². The lowest BCUT2D eigenvalue weighted by Crippen LogP contribution is -2.49. The minimum atomic E-state index is -0.0341. The summed E-state index contributed by atoms with van der Waals surface area (Å²) in [5.74, 6) is 0.0685. The number of nitrogens with zero attached hydrogens (tertiary/aromatic N) is 2. The highest BCUT2D eigenvalue weighted by atomic mass is 16.2. The van der Waals surface area contributed by atoms with E-state index < -0.39 is 0 Å². The molecule has 0 aromatic heterocycles. The van der Waals surface area contributed by atoms with Gasteiger partial charge in [-0.05, 0) is 44.3 Å². The first-order valence-corrected chi connectivity index (χ1v) is 9.54. The van der Waals surface area contributed by atoms with Crippen LogP contribution in [0.1, 0.15) is 37.7 Å². The molecule has 0 saturated carbocycles. The molecule has 1 aromatic rings. The number of carbonyl (C=O) groups is 2. The number of benzene rings is 1. The summed E-state index contributed by atoms with van der Waals surface area (Å²) >= 11 is 0. The van der Waals surface area contributed by atoms with Crippen LogP contribution in [-0.4, -0.2) is 60.4 Å². The summed E-state index contributed by atoms with van der Waals surface area (Å²) in [6.45, 7) is 4.03. The van der Waals surface area contributed by atoms with Gasteiger partial charge in [-0.1, -0.05) is 36.8 Å². The zero-order chi connectivity index (χ0) is 17.5. The van der Waals surface area contributed by atoms with Crippen LogP contribution >= 0.6 is 0 Å². The van der Waals surface area contributed by atoms with Gasteiger partial charge < -0.3 is 15.1 Å². The molecule has 5 heteroatoms. The molecule has 1 aromatic carbocycles. The topological polar surface area (TPSA) is 52.7 Å². The van der Waals surface area contributed by atoms with Crippen LogP contribution in [0.5, 0.6) is 0 Å². The Kier molecular flexibility index (Phi) is 6.45. The van der Waals surface area contributed by atoms with Crippen molar-refractivity contribution >= 4 is 11.8 Å². The van der Waals surface area contributed by atoms with E-state index in [9.17, 15) is 9.59 Å². The number of hydrogen-bond donors (Lipinski definition) is 1. The highest BCUT2D eigenvalue weighted by molar-refractivity contribution is 5.85. The molecule has 0 aliphatic carbocycles. The Bertz CT molecular complexity index is 570. The van der Waals surface area contributed by atoms with Gasteiger partial charge in [0.05, 0.1) is 6.54 Å². The van der Waals surface area contributed by atoms with Crippen LogP contribution in [0.2, 0.25) is 0 Å².